The Hall–Kier alpha value is -4.24. The van der Waals surface area contributed by atoms with Crippen molar-refractivity contribution >= 4 is 21.9 Å². The largest absolute Gasteiger partial charge is 0.467 e. The van der Waals surface area contributed by atoms with E-state index in [0.29, 0.717) is 5.69 Å². The van der Waals surface area contributed by atoms with Gasteiger partial charge in [0.2, 0.25) is 11.8 Å². The number of sulfonamides is 1. The summed E-state index contributed by atoms with van der Waals surface area (Å²) in [7, 11) is -2.42. The Morgan fingerprint density at radius 2 is 1.62 bits per heavy atom. The van der Waals surface area contributed by atoms with Gasteiger partial charge in [0, 0.05) is 24.2 Å². The zero-order valence-electron chi connectivity index (χ0n) is 20.7. The van der Waals surface area contributed by atoms with E-state index in [1.807, 2.05) is 62.4 Å². The molecule has 4 bridgehead atoms. The molecule has 37 heavy (non-hydrogen) atoms. The van der Waals surface area contributed by atoms with Gasteiger partial charge >= 0.3 is 0 Å². The topological polar surface area (TPSA) is 101 Å². The fourth-order valence-corrected chi connectivity index (χ4v) is 5.42. The molecule has 0 saturated heterocycles. The summed E-state index contributed by atoms with van der Waals surface area (Å²) in [5.41, 5.74) is 4.45. The van der Waals surface area contributed by atoms with Gasteiger partial charge in [-0.05, 0) is 48.7 Å². The maximum atomic E-state index is 13.3. The van der Waals surface area contributed by atoms with Crippen LogP contribution in [0, 0.1) is 13.8 Å². The molecule has 1 atom stereocenters. The molecule has 1 N–H and O–H groups in total. The quantitative estimate of drug-likeness (QED) is 0.414. The summed E-state index contributed by atoms with van der Waals surface area (Å²) >= 11 is 0. The van der Waals surface area contributed by atoms with Crippen molar-refractivity contribution in [3.63, 3.8) is 0 Å². The van der Waals surface area contributed by atoms with Crippen LogP contribution in [-0.4, -0.2) is 42.8 Å². The summed E-state index contributed by atoms with van der Waals surface area (Å²) in [6, 6.07) is 23.0. The average Bonchev–Trinajstić information content (AvgIpc) is 2.87. The van der Waals surface area contributed by atoms with Gasteiger partial charge in [0.05, 0.1) is 17.1 Å². The summed E-state index contributed by atoms with van der Waals surface area (Å²) in [4.78, 5) is 23.6. The minimum atomic E-state index is -4.09. The second-order valence-corrected chi connectivity index (χ2v) is 10.7. The Labute approximate surface area is 216 Å². The molecule has 0 aliphatic carbocycles. The smallest absolute Gasteiger partial charge is 0.264 e. The lowest BCUT2D eigenvalue weighted by Gasteiger charge is -2.25. The number of benzene rings is 3. The minimum absolute atomic E-state index is 0.0610. The average molecular weight is 515 g/mol. The molecule has 0 spiro atoms. The van der Waals surface area contributed by atoms with Crippen molar-refractivity contribution in [3.05, 3.63) is 101 Å². The number of rotatable bonds is 2. The minimum Gasteiger partial charge on any atom is -0.467 e. The van der Waals surface area contributed by atoms with Gasteiger partial charge in [-0.2, -0.15) is 4.98 Å². The number of ether oxygens (including phenoxy) is 1. The lowest BCUT2D eigenvalue weighted by Crippen LogP contribution is -2.33. The zero-order chi connectivity index (χ0) is 26.2. The van der Waals surface area contributed by atoms with E-state index >= 15 is 0 Å². The molecule has 1 amide bonds. The van der Waals surface area contributed by atoms with Crippen molar-refractivity contribution in [1.29, 1.82) is 0 Å². The van der Waals surface area contributed by atoms with Crippen LogP contribution in [0.2, 0.25) is 0 Å². The van der Waals surface area contributed by atoms with E-state index in [1.165, 1.54) is 17.0 Å². The molecule has 9 heteroatoms. The highest BCUT2D eigenvalue weighted by atomic mass is 32.2. The fraction of sp³-hybridized carbons (Fsp3) is 0.179. The van der Waals surface area contributed by atoms with Gasteiger partial charge < -0.3 is 9.64 Å². The standard InChI is InChI=1S/C28H26N4O4S/c1-18-9-7-10-19(2)26(18)23-16-25-30-28(29-23)31-37(34,35)22-14-8-13-21(15-22)27(33)32(3)17-24(36-25)20-11-5-4-6-12-20/h4-16,24H,17H2,1-3H3,(H,29,30,31). The van der Waals surface area contributed by atoms with Gasteiger partial charge in [-0.15, -0.1) is 0 Å². The van der Waals surface area contributed by atoms with Gasteiger partial charge in [0.1, 0.15) is 6.10 Å². The first-order valence-electron chi connectivity index (χ1n) is 11.8. The van der Waals surface area contributed by atoms with Gasteiger partial charge in [-0.3, -0.25) is 4.79 Å². The van der Waals surface area contributed by atoms with Gasteiger partial charge in [-0.1, -0.05) is 54.6 Å². The number of nitrogens with one attached hydrogen (secondary N) is 1. The van der Waals surface area contributed by atoms with Gasteiger partial charge in [-0.25, -0.2) is 18.1 Å². The number of aromatic nitrogens is 2. The monoisotopic (exact) mass is 514 g/mol. The van der Waals surface area contributed by atoms with Crippen LogP contribution in [-0.2, 0) is 10.0 Å². The molecule has 1 unspecified atom stereocenters. The first-order valence-corrected chi connectivity index (χ1v) is 13.3. The number of hydrogen-bond donors (Lipinski definition) is 1. The van der Waals surface area contributed by atoms with Crippen molar-refractivity contribution in [3.8, 4) is 17.1 Å². The van der Waals surface area contributed by atoms with E-state index in [2.05, 4.69) is 14.7 Å². The lowest BCUT2D eigenvalue weighted by molar-refractivity contribution is 0.0706. The van der Waals surface area contributed by atoms with Crippen LogP contribution in [0.3, 0.4) is 0 Å². The molecule has 3 aromatic carbocycles. The third-order valence-electron chi connectivity index (χ3n) is 6.28. The Balaban J connectivity index is 1.71. The van der Waals surface area contributed by atoms with Crippen LogP contribution < -0.4 is 9.46 Å². The molecule has 1 aromatic heterocycles. The fourth-order valence-electron chi connectivity index (χ4n) is 4.43. The zero-order valence-corrected chi connectivity index (χ0v) is 21.5. The second-order valence-electron chi connectivity index (χ2n) is 9.02. The summed E-state index contributed by atoms with van der Waals surface area (Å²) in [6.07, 6.45) is -0.565. The number of anilines is 1. The third kappa shape index (κ3) is 5.03. The highest BCUT2D eigenvalue weighted by Crippen LogP contribution is 2.31. The lowest BCUT2D eigenvalue weighted by atomic mass is 10.00. The predicted octanol–water partition coefficient (Wildman–Crippen LogP) is 4.77. The summed E-state index contributed by atoms with van der Waals surface area (Å²) in [5, 5.41) is 0. The van der Waals surface area contributed by atoms with Crippen molar-refractivity contribution in [2.45, 2.75) is 24.8 Å². The van der Waals surface area contributed by atoms with Crippen molar-refractivity contribution in [1.82, 2.24) is 14.9 Å². The second kappa shape index (κ2) is 9.67. The first-order chi connectivity index (χ1) is 17.7. The number of fused-ring (bicyclic) bond motifs is 4. The summed E-state index contributed by atoms with van der Waals surface area (Å²) < 4.78 is 35.4. The molecule has 8 nitrogen and oxygen atoms in total. The van der Waals surface area contributed by atoms with Crippen molar-refractivity contribution < 1.29 is 17.9 Å². The van der Waals surface area contributed by atoms with E-state index in [9.17, 15) is 13.2 Å². The number of aryl methyl sites for hydroxylation is 2. The van der Waals surface area contributed by atoms with Crippen LogP contribution in [0.4, 0.5) is 5.95 Å². The van der Waals surface area contributed by atoms with Gasteiger partial charge in [0.25, 0.3) is 15.9 Å². The van der Waals surface area contributed by atoms with Crippen LogP contribution in [0.1, 0.15) is 33.2 Å². The van der Waals surface area contributed by atoms with E-state index < -0.39 is 16.1 Å². The third-order valence-corrected chi connectivity index (χ3v) is 7.60. The van der Waals surface area contributed by atoms with Crippen LogP contribution in [0.15, 0.2) is 83.8 Å². The number of carbonyl (C=O) groups excluding carboxylic acids is 1. The number of likely N-dealkylation sites (N-methyl/N-ethyl adjacent to an activating group) is 1. The number of carbonyl (C=O) groups is 1. The van der Waals surface area contributed by atoms with Crippen LogP contribution in [0.5, 0.6) is 5.88 Å². The van der Waals surface area contributed by atoms with E-state index in [4.69, 9.17) is 4.74 Å². The maximum Gasteiger partial charge on any atom is 0.264 e. The van der Waals surface area contributed by atoms with Gasteiger partial charge in [0.15, 0.2) is 0 Å². The molecule has 188 valence electrons. The molecule has 5 rings (SSSR count). The SMILES string of the molecule is Cc1cccc(C)c1-c1cc2nc(n1)NS(=O)(=O)c1cccc(c1)C(=O)N(C)CC(c1ccccc1)O2. The summed E-state index contributed by atoms with van der Waals surface area (Å²) in [5.74, 6) is -0.257. The first kappa shape index (κ1) is 24.5. The number of nitrogens with zero attached hydrogens (tertiary/aromatic N) is 3. The molecular formula is C28H26N4O4S. The Kier molecular flexibility index (Phi) is 6.39. The Morgan fingerprint density at radius 1 is 0.919 bits per heavy atom. The molecule has 2 heterocycles. The number of amides is 1. The highest BCUT2D eigenvalue weighted by Gasteiger charge is 2.25. The highest BCUT2D eigenvalue weighted by molar-refractivity contribution is 7.92. The molecule has 1 aliphatic heterocycles. The van der Waals surface area contributed by atoms with Crippen molar-refractivity contribution in [2.75, 3.05) is 18.3 Å². The van der Waals surface area contributed by atoms with E-state index in [-0.39, 0.29) is 34.7 Å². The van der Waals surface area contributed by atoms with Crippen LogP contribution >= 0.6 is 0 Å². The number of hydrogen-bond acceptors (Lipinski definition) is 6. The predicted molar refractivity (Wildman–Crippen MR) is 141 cm³/mol. The molecule has 4 aromatic rings. The Bertz CT molecular complexity index is 1570. The summed E-state index contributed by atoms with van der Waals surface area (Å²) in [6.45, 7) is 4.15. The molecule has 0 saturated carbocycles. The molecule has 1 aliphatic rings. The molecule has 0 radical (unpaired) electrons. The van der Waals surface area contributed by atoms with Crippen LogP contribution in [0.25, 0.3) is 11.3 Å². The van der Waals surface area contributed by atoms with E-state index in [1.54, 1.807) is 25.2 Å². The Morgan fingerprint density at radius 3 is 2.35 bits per heavy atom. The molecule has 0 fully saturated rings. The van der Waals surface area contributed by atoms with E-state index in [0.717, 1.165) is 22.3 Å². The maximum absolute atomic E-state index is 13.3. The molecular weight excluding hydrogens is 488 g/mol. The normalized spacial score (nSPS) is 17.0. The van der Waals surface area contributed by atoms with Crippen molar-refractivity contribution in [2.24, 2.45) is 0 Å².